The van der Waals surface area contributed by atoms with Crippen molar-refractivity contribution in [3.05, 3.63) is 88.8 Å². The Morgan fingerprint density at radius 3 is 2.43 bits per heavy atom. The van der Waals surface area contributed by atoms with Gasteiger partial charge in [0.05, 0.1) is 16.7 Å². The first kappa shape index (κ1) is 25.6. The number of allylic oxidation sites excluding steroid dienone is 1. The summed E-state index contributed by atoms with van der Waals surface area (Å²) in [5.74, 6) is 0.140. The fourth-order valence-electron chi connectivity index (χ4n) is 3.27. The van der Waals surface area contributed by atoms with Crippen LogP contribution >= 0.6 is 11.8 Å². The van der Waals surface area contributed by atoms with Gasteiger partial charge in [0.25, 0.3) is 11.6 Å². The molecular formula is C24H26N6O4S. The van der Waals surface area contributed by atoms with Gasteiger partial charge >= 0.3 is 0 Å². The third kappa shape index (κ3) is 6.76. The van der Waals surface area contributed by atoms with Crippen LogP contribution in [0, 0.1) is 16.0 Å². The molecule has 2 amide bonds. The average molecular weight is 495 g/mol. The third-order valence-electron chi connectivity index (χ3n) is 5.02. The van der Waals surface area contributed by atoms with E-state index in [1.54, 1.807) is 30.3 Å². The second-order valence-electron chi connectivity index (χ2n) is 7.94. The fraction of sp³-hybridized carbons (Fsp3) is 0.250. The number of carbonyl (C=O) groups is 2. The number of nitrogens with one attached hydrogen (secondary N) is 2. The monoisotopic (exact) mass is 494 g/mol. The predicted octanol–water partition coefficient (Wildman–Crippen LogP) is 4.23. The van der Waals surface area contributed by atoms with Gasteiger partial charge in [-0.15, -0.1) is 16.8 Å². The molecule has 0 aliphatic rings. The van der Waals surface area contributed by atoms with Gasteiger partial charge < -0.3 is 15.2 Å². The van der Waals surface area contributed by atoms with Crippen molar-refractivity contribution in [3.8, 4) is 0 Å². The van der Waals surface area contributed by atoms with Crippen LogP contribution in [-0.2, 0) is 11.3 Å². The molecule has 0 aliphatic heterocycles. The Morgan fingerprint density at radius 1 is 1.14 bits per heavy atom. The molecule has 0 radical (unpaired) electrons. The molecule has 11 heteroatoms. The summed E-state index contributed by atoms with van der Waals surface area (Å²) in [4.78, 5) is 35.5. The van der Waals surface area contributed by atoms with Crippen LogP contribution in [0.3, 0.4) is 0 Å². The summed E-state index contributed by atoms with van der Waals surface area (Å²) in [5, 5.41) is 25.6. The number of hydrogen-bond acceptors (Lipinski definition) is 7. The average Bonchev–Trinajstić information content (AvgIpc) is 3.24. The highest BCUT2D eigenvalue weighted by atomic mass is 32.2. The molecule has 0 fully saturated rings. The molecule has 1 atom stereocenters. The van der Waals surface area contributed by atoms with E-state index >= 15 is 0 Å². The Morgan fingerprint density at radius 2 is 1.83 bits per heavy atom. The van der Waals surface area contributed by atoms with Crippen molar-refractivity contribution in [1.29, 1.82) is 0 Å². The zero-order valence-corrected chi connectivity index (χ0v) is 20.2. The topological polar surface area (TPSA) is 132 Å². The summed E-state index contributed by atoms with van der Waals surface area (Å²) in [7, 11) is 0. The SMILES string of the molecule is C=CCn1c(SCC(=O)Nc2ccc([N+](=O)[O-])cc2)nnc1[C@H](NC(=O)c1ccccc1)C(C)C. The lowest BCUT2D eigenvalue weighted by Gasteiger charge is -2.22. The van der Waals surface area contributed by atoms with Crippen LogP contribution in [-0.4, -0.2) is 37.3 Å². The van der Waals surface area contributed by atoms with Gasteiger partial charge in [0.1, 0.15) is 0 Å². The Hall–Kier alpha value is -3.99. The van der Waals surface area contributed by atoms with Crippen LogP contribution in [0.25, 0.3) is 0 Å². The predicted molar refractivity (Wildman–Crippen MR) is 134 cm³/mol. The maximum atomic E-state index is 12.8. The minimum Gasteiger partial charge on any atom is -0.342 e. The van der Waals surface area contributed by atoms with E-state index < -0.39 is 11.0 Å². The Labute approximate surface area is 207 Å². The molecule has 10 nitrogen and oxygen atoms in total. The smallest absolute Gasteiger partial charge is 0.269 e. The zero-order chi connectivity index (χ0) is 25.4. The van der Waals surface area contributed by atoms with Crippen molar-refractivity contribution < 1.29 is 14.5 Å². The number of nitrogens with zero attached hydrogens (tertiary/aromatic N) is 4. The molecule has 0 aliphatic carbocycles. The van der Waals surface area contributed by atoms with E-state index in [4.69, 9.17) is 0 Å². The summed E-state index contributed by atoms with van der Waals surface area (Å²) in [5.41, 5.74) is 0.949. The summed E-state index contributed by atoms with van der Waals surface area (Å²) in [6.07, 6.45) is 1.70. The number of thioether (sulfide) groups is 1. The fourth-order valence-corrected chi connectivity index (χ4v) is 4.03. The first-order valence-corrected chi connectivity index (χ1v) is 11.9. The second-order valence-corrected chi connectivity index (χ2v) is 8.88. The van der Waals surface area contributed by atoms with Crippen LogP contribution < -0.4 is 10.6 Å². The molecule has 0 saturated carbocycles. The highest BCUT2D eigenvalue weighted by molar-refractivity contribution is 7.99. The minimum absolute atomic E-state index is 0.0266. The van der Waals surface area contributed by atoms with E-state index in [0.29, 0.717) is 28.8 Å². The second kappa shape index (κ2) is 11.9. The highest BCUT2D eigenvalue weighted by Gasteiger charge is 2.26. The quantitative estimate of drug-likeness (QED) is 0.176. The van der Waals surface area contributed by atoms with Crippen LogP contribution in [0.1, 0.15) is 36.1 Å². The van der Waals surface area contributed by atoms with Crippen molar-refractivity contribution in [2.24, 2.45) is 5.92 Å². The van der Waals surface area contributed by atoms with Crippen LogP contribution in [0.4, 0.5) is 11.4 Å². The summed E-state index contributed by atoms with van der Waals surface area (Å²) >= 11 is 1.20. The van der Waals surface area contributed by atoms with E-state index in [9.17, 15) is 19.7 Å². The number of rotatable bonds is 11. The van der Waals surface area contributed by atoms with E-state index in [2.05, 4.69) is 27.4 Å². The van der Waals surface area contributed by atoms with E-state index in [-0.39, 0.29) is 29.2 Å². The molecule has 3 aromatic rings. The molecule has 0 saturated heterocycles. The summed E-state index contributed by atoms with van der Waals surface area (Å²) in [6.45, 7) is 8.16. The molecule has 0 bridgehead atoms. The largest absolute Gasteiger partial charge is 0.342 e. The Kier molecular flexibility index (Phi) is 8.74. The zero-order valence-electron chi connectivity index (χ0n) is 19.4. The van der Waals surface area contributed by atoms with Crippen LogP contribution in [0.5, 0.6) is 0 Å². The van der Waals surface area contributed by atoms with E-state index in [0.717, 1.165) is 0 Å². The van der Waals surface area contributed by atoms with Gasteiger partial charge in [0, 0.05) is 29.9 Å². The molecule has 0 unspecified atom stereocenters. The third-order valence-corrected chi connectivity index (χ3v) is 5.99. The molecule has 35 heavy (non-hydrogen) atoms. The van der Waals surface area contributed by atoms with Crippen LogP contribution in [0.2, 0.25) is 0 Å². The maximum absolute atomic E-state index is 12.8. The number of amides is 2. The number of anilines is 1. The molecular weight excluding hydrogens is 468 g/mol. The highest BCUT2D eigenvalue weighted by Crippen LogP contribution is 2.26. The molecule has 2 aromatic carbocycles. The Bertz CT molecular complexity index is 1190. The van der Waals surface area contributed by atoms with Gasteiger partial charge in [-0.2, -0.15) is 0 Å². The molecule has 182 valence electrons. The number of nitro benzene ring substituents is 1. The molecule has 1 aromatic heterocycles. The number of aromatic nitrogens is 3. The molecule has 3 rings (SSSR count). The van der Waals surface area contributed by atoms with Gasteiger partial charge in [-0.3, -0.25) is 19.7 Å². The Balaban J connectivity index is 1.71. The lowest BCUT2D eigenvalue weighted by Crippen LogP contribution is -2.33. The van der Waals surface area contributed by atoms with Crippen molar-refractivity contribution in [2.75, 3.05) is 11.1 Å². The number of nitro groups is 1. The van der Waals surface area contributed by atoms with E-state index in [1.807, 2.05) is 24.5 Å². The molecule has 2 N–H and O–H groups in total. The van der Waals surface area contributed by atoms with Crippen molar-refractivity contribution >= 4 is 35.0 Å². The molecule has 0 spiro atoms. The summed E-state index contributed by atoms with van der Waals surface area (Å²) in [6, 6.07) is 14.1. The number of hydrogen-bond donors (Lipinski definition) is 2. The first-order chi connectivity index (χ1) is 16.8. The van der Waals surface area contributed by atoms with Gasteiger partial charge in [0.15, 0.2) is 11.0 Å². The first-order valence-electron chi connectivity index (χ1n) is 10.9. The lowest BCUT2D eigenvalue weighted by atomic mass is 10.0. The van der Waals surface area contributed by atoms with Crippen molar-refractivity contribution in [1.82, 2.24) is 20.1 Å². The number of non-ortho nitro benzene ring substituents is 1. The number of benzene rings is 2. The molecule has 1 heterocycles. The summed E-state index contributed by atoms with van der Waals surface area (Å²) < 4.78 is 1.83. The van der Waals surface area contributed by atoms with Gasteiger partial charge in [-0.25, -0.2) is 0 Å². The minimum atomic E-state index is -0.502. The standard InChI is InChI=1S/C24H26N6O4S/c1-4-14-29-22(21(16(2)3)26-23(32)17-8-6-5-7-9-17)27-28-24(29)35-15-20(31)25-18-10-12-19(13-11-18)30(33)34/h4-13,16,21H,1,14-15H2,2-3H3,(H,25,31)(H,26,32)/t21-/m1/s1. The normalized spacial score (nSPS) is 11.6. The maximum Gasteiger partial charge on any atom is 0.269 e. The van der Waals surface area contributed by atoms with Gasteiger partial charge in [-0.1, -0.05) is 49.9 Å². The lowest BCUT2D eigenvalue weighted by molar-refractivity contribution is -0.384. The van der Waals surface area contributed by atoms with Gasteiger partial charge in [-0.05, 0) is 30.2 Å². The van der Waals surface area contributed by atoms with Crippen LogP contribution in [0.15, 0.2) is 72.4 Å². The van der Waals surface area contributed by atoms with Crippen molar-refractivity contribution in [3.63, 3.8) is 0 Å². The van der Waals surface area contributed by atoms with Gasteiger partial charge in [0.2, 0.25) is 5.91 Å². The number of carbonyl (C=O) groups excluding carboxylic acids is 2. The van der Waals surface area contributed by atoms with E-state index in [1.165, 1.54) is 36.0 Å². The van der Waals surface area contributed by atoms with Crippen molar-refractivity contribution in [2.45, 2.75) is 31.6 Å².